The molecule has 0 radical (unpaired) electrons. The molecule has 0 saturated heterocycles. The number of halogens is 1. The zero-order valence-electron chi connectivity index (χ0n) is 15.0. The molecule has 2 aromatic rings. The summed E-state index contributed by atoms with van der Waals surface area (Å²) in [7, 11) is 0. The van der Waals surface area contributed by atoms with Gasteiger partial charge in [0.05, 0.1) is 5.75 Å². The summed E-state index contributed by atoms with van der Waals surface area (Å²) < 4.78 is 13.2. The molecule has 1 aromatic heterocycles. The van der Waals surface area contributed by atoms with Gasteiger partial charge in [0.25, 0.3) is 0 Å². The van der Waals surface area contributed by atoms with Gasteiger partial charge < -0.3 is 4.90 Å². The fraction of sp³-hybridized carbons (Fsp3) is 0.450. The molecular weight excluding hydrogens is 349 g/mol. The van der Waals surface area contributed by atoms with Crippen LogP contribution in [0.3, 0.4) is 0 Å². The SMILES string of the molecule is Cc1cnc(SCC(=O)N(Cc2ccc(F)cc2)C2CCCCC2)nc1. The van der Waals surface area contributed by atoms with Crippen molar-refractivity contribution in [2.45, 2.75) is 56.8 Å². The number of amides is 1. The van der Waals surface area contributed by atoms with Gasteiger partial charge in [0.2, 0.25) is 5.91 Å². The number of carbonyl (C=O) groups is 1. The first kappa shape index (κ1) is 18.8. The van der Waals surface area contributed by atoms with Crippen LogP contribution in [-0.4, -0.2) is 32.6 Å². The molecule has 4 nitrogen and oxygen atoms in total. The Morgan fingerprint density at radius 3 is 2.46 bits per heavy atom. The molecule has 1 amide bonds. The van der Waals surface area contributed by atoms with E-state index in [0.717, 1.165) is 36.8 Å². The second-order valence-corrected chi connectivity index (χ2v) is 7.71. The van der Waals surface area contributed by atoms with E-state index in [1.54, 1.807) is 24.5 Å². The predicted molar refractivity (Wildman–Crippen MR) is 101 cm³/mol. The lowest BCUT2D eigenvalue weighted by Crippen LogP contribution is -2.42. The number of aromatic nitrogens is 2. The lowest BCUT2D eigenvalue weighted by molar-refractivity contribution is -0.132. The van der Waals surface area contributed by atoms with Crippen LogP contribution >= 0.6 is 11.8 Å². The van der Waals surface area contributed by atoms with Crippen LogP contribution in [0.25, 0.3) is 0 Å². The van der Waals surface area contributed by atoms with Crippen molar-refractivity contribution < 1.29 is 9.18 Å². The highest BCUT2D eigenvalue weighted by molar-refractivity contribution is 7.99. The molecule has 0 aliphatic heterocycles. The van der Waals surface area contributed by atoms with Crippen LogP contribution in [0.1, 0.15) is 43.2 Å². The Kier molecular flexibility index (Phi) is 6.61. The minimum atomic E-state index is -0.253. The van der Waals surface area contributed by atoms with Gasteiger partial charge in [-0.15, -0.1) is 0 Å². The van der Waals surface area contributed by atoms with E-state index in [9.17, 15) is 9.18 Å². The molecule has 1 saturated carbocycles. The van der Waals surface area contributed by atoms with Crippen LogP contribution in [0.2, 0.25) is 0 Å². The summed E-state index contributed by atoms with van der Waals surface area (Å²) in [5, 5.41) is 0.620. The van der Waals surface area contributed by atoms with Crippen LogP contribution in [0.5, 0.6) is 0 Å². The molecule has 0 spiro atoms. The minimum Gasteiger partial charge on any atom is -0.335 e. The molecule has 0 atom stereocenters. The fourth-order valence-electron chi connectivity index (χ4n) is 3.26. The largest absolute Gasteiger partial charge is 0.335 e. The van der Waals surface area contributed by atoms with E-state index in [0.29, 0.717) is 17.5 Å². The van der Waals surface area contributed by atoms with Crippen molar-refractivity contribution in [3.05, 3.63) is 53.6 Å². The quantitative estimate of drug-likeness (QED) is 0.557. The van der Waals surface area contributed by atoms with Crippen molar-refractivity contribution in [1.82, 2.24) is 14.9 Å². The maximum atomic E-state index is 13.2. The average molecular weight is 373 g/mol. The maximum absolute atomic E-state index is 13.2. The molecule has 3 rings (SSSR count). The van der Waals surface area contributed by atoms with Gasteiger partial charge in [0.15, 0.2) is 5.16 Å². The Labute approximate surface area is 158 Å². The van der Waals surface area contributed by atoms with Crippen LogP contribution in [0, 0.1) is 12.7 Å². The van der Waals surface area contributed by atoms with Gasteiger partial charge in [-0.2, -0.15) is 0 Å². The van der Waals surface area contributed by atoms with Gasteiger partial charge in [0, 0.05) is 25.0 Å². The summed E-state index contributed by atoms with van der Waals surface area (Å²) in [6.45, 7) is 2.46. The maximum Gasteiger partial charge on any atom is 0.233 e. The molecule has 1 aromatic carbocycles. The van der Waals surface area contributed by atoms with Gasteiger partial charge in [-0.1, -0.05) is 43.2 Å². The first-order valence-electron chi connectivity index (χ1n) is 9.07. The number of benzene rings is 1. The number of hydrogen-bond donors (Lipinski definition) is 0. The molecule has 138 valence electrons. The van der Waals surface area contributed by atoms with E-state index >= 15 is 0 Å². The summed E-state index contributed by atoms with van der Waals surface area (Å²) in [5.41, 5.74) is 1.96. The standard InChI is InChI=1S/C20H24FN3OS/c1-15-11-22-20(23-12-15)26-14-19(25)24(18-5-3-2-4-6-18)13-16-7-9-17(21)10-8-16/h7-12,18H,2-6,13-14H2,1H3. The van der Waals surface area contributed by atoms with Crippen molar-refractivity contribution in [2.24, 2.45) is 0 Å². The lowest BCUT2D eigenvalue weighted by atomic mass is 9.94. The topological polar surface area (TPSA) is 46.1 Å². The number of hydrogen-bond acceptors (Lipinski definition) is 4. The second-order valence-electron chi connectivity index (χ2n) is 6.77. The molecule has 1 aliphatic carbocycles. The van der Waals surface area contributed by atoms with Gasteiger partial charge in [-0.25, -0.2) is 14.4 Å². The van der Waals surface area contributed by atoms with Crippen LogP contribution in [0.4, 0.5) is 4.39 Å². The summed E-state index contributed by atoms with van der Waals surface area (Å²) in [6.07, 6.45) is 9.16. The lowest BCUT2D eigenvalue weighted by Gasteiger charge is -2.34. The highest BCUT2D eigenvalue weighted by atomic mass is 32.2. The third-order valence-electron chi connectivity index (χ3n) is 4.68. The third kappa shape index (κ3) is 5.27. The summed E-state index contributed by atoms with van der Waals surface area (Å²) in [5.74, 6) is 0.160. The summed E-state index contributed by atoms with van der Waals surface area (Å²) in [6, 6.07) is 6.69. The van der Waals surface area contributed by atoms with Crippen LogP contribution < -0.4 is 0 Å². The highest BCUT2D eigenvalue weighted by Gasteiger charge is 2.25. The van der Waals surface area contributed by atoms with Crippen molar-refractivity contribution in [1.29, 1.82) is 0 Å². The van der Waals surface area contributed by atoms with E-state index in [2.05, 4.69) is 9.97 Å². The molecule has 0 unspecified atom stereocenters. The van der Waals surface area contributed by atoms with E-state index in [1.807, 2.05) is 11.8 Å². The molecule has 1 heterocycles. The average Bonchev–Trinajstić information content (AvgIpc) is 2.67. The summed E-state index contributed by atoms with van der Waals surface area (Å²) >= 11 is 1.37. The third-order valence-corrected chi connectivity index (χ3v) is 5.54. The molecule has 0 N–H and O–H groups in total. The molecule has 6 heteroatoms. The van der Waals surface area contributed by atoms with Crippen molar-refractivity contribution in [3.63, 3.8) is 0 Å². The van der Waals surface area contributed by atoms with E-state index in [-0.39, 0.29) is 17.8 Å². The van der Waals surface area contributed by atoms with E-state index in [1.165, 1.54) is 30.3 Å². The molecule has 1 aliphatic rings. The Morgan fingerprint density at radius 2 is 1.81 bits per heavy atom. The molecule has 1 fully saturated rings. The minimum absolute atomic E-state index is 0.0930. The monoisotopic (exact) mass is 373 g/mol. The number of carbonyl (C=O) groups excluding carboxylic acids is 1. The molecule has 0 bridgehead atoms. The number of rotatable bonds is 6. The van der Waals surface area contributed by atoms with Crippen LogP contribution in [0.15, 0.2) is 41.8 Å². The summed E-state index contributed by atoms with van der Waals surface area (Å²) in [4.78, 5) is 23.4. The van der Waals surface area contributed by atoms with E-state index < -0.39 is 0 Å². The van der Waals surface area contributed by atoms with Gasteiger partial charge in [0.1, 0.15) is 5.82 Å². The van der Waals surface area contributed by atoms with Crippen molar-refractivity contribution >= 4 is 17.7 Å². The number of thioether (sulfide) groups is 1. The zero-order valence-corrected chi connectivity index (χ0v) is 15.8. The molecular formula is C20H24FN3OS. The Bertz CT molecular complexity index is 715. The Morgan fingerprint density at radius 1 is 1.15 bits per heavy atom. The zero-order chi connectivity index (χ0) is 18.4. The highest BCUT2D eigenvalue weighted by Crippen LogP contribution is 2.25. The normalized spacial score (nSPS) is 15.0. The van der Waals surface area contributed by atoms with Gasteiger partial charge in [-0.05, 0) is 43.0 Å². The van der Waals surface area contributed by atoms with E-state index in [4.69, 9.17) is 0 Å². The Hall–Kier alpha value is -1.95. The number of nitrogens with zero attached hydrogens (tertiary/aromatic N) is 3. The smallest absolute Gasteiger partial charge is 0.233 e. The Balaban J connectivity index is 1.67. The van der Waals surface area contributed by atoms with Gasteiger partial charge in [-0.3, -0.25) is 4.79 Å². The first-order valence-corrected chi connectivity index (χ1v) is 10.1. The predicted octanol–water partition coefficient (Wildman–Crippen LogP) is 4.38. The first-order chi connectivity index (χ1) is 12.6. The number of aryl methyl sites for hydroxylation is 1. The van der Waals surface area contributed by atoms with Gasteiger partial charge >= 0.3 is 0 Å². The van der Waals surface area contributed by atoms with Crippen molar-refractivity contribution in [2.75, 3.05) is 5.75 Å². The van der Waals surface area contributed by atoms with Crippen LogP contribution in [-0.2, 0) is 11.3 Å². The second kappa shape index (κ2) is 9.12. The fourth-order valence-corrected chi connectivity index (χ4v) is 3.94. The van der Waals surface area contributed by atoms with Crippen molar-refractivity contribution in [3.8, 4) is 0 Å². The molecule has 26 heavy (non-hydrogen) atoms.